The lowest BCUT2D eigenvalue weighted by Crippen LogP contribution is -2.34. The third-order valence-electron chi connectivity index (χ3n) is 3.69. The zero-order chi connectivity index (χ0) is 13.9. The van der Waals surface area contributed by atoms with Crippen LogP contribution in [-0.4, -0.2) is 27.8 Å². The Bertz CT molecular complexity index is 594. The van der Waals surface area contributed by atoms with Crippen LogP contribution in [0.5, 0.6) is 0 Å². The van der Waals surface area contributed by atoms with Gasteiger partial charge < -0.3 is 11.1 Å². The van der Waals surface area contributed by atoms with Gasteiger partial charge in [0, 0.05) is 30.0 Å². The molecule has 3 rings (SSSR count). The van der Waals surface area contributed by atoms with Gasteiger partial charge in [0.15, 0.2) is 0 Å². The van der Waals surface area contributed by atoms with Crippen LogP contribution in [0.15, 0.2) is 42.7 Å². The Balaban J connectivity index is 1.73. The number of nitrogens with zero attached hydrogens (tertiary/aromatic N) is 2. The second-order valence-corrected chi connectivity index (χ2v) is 5.24. The van der Waals surface area contributed by atoms with Crippen LogP contribution in [0.2, 0.25) is 0 Å². The number of rotatable bonds is 3. The summed E-state index contributed by atoms with van der Waals surface area (Å²) in [6.07, 6.45) is 6.38. The molecule has 1 heterocycles. The topological polar surface area (TPSA) is 72.9 Å². The van der Waals surface area contributed by atoms with Gasteiger partial charge >= 0.3 is 0 Å². The third kappa shape index (κ3) is 2.72. The molecule has 1 aliphatic carbocycles. The number of aromatic nitrogens is 2. The first-order valence-electron chi connectivity index (χ1n) is 6.89. The van der Waals surface area contributed by atoms with Crippen molar-refractivity contribution in [3.05, 3.63) is 48.3 Å². The minimum Gasteiger partial charge on any atom is -0.349 e. The molecule has 1 amide bonds. The van der Waals surface area contributed by atoms with Crippen molar-refractivity contribution in [3.63, 3.8) is 0 Å². The van der Waals surface area contributed by atoms with Crippen molar-refractivity contribution in [3.8, 4) is 5.69 Å². The fourth-order valence-corrected chi connectivity index (χ4v) is 2.63. The second-order valence-electron chi connectivity index (χ2n) is 5.24. The summed E-state index contributed by atoms with van der Waals surface area (Å²) in [6, 6.07) is 9.73. The van der Waals surface area contributed by atoms with E-state index in [1.165, 1.54) is 0 Å². The number of carbonyl (C=O) groups is 1. The Hall–Kier alpha value is -2.14. The Morgan fingerprint density at radius 3 is 2.95 bits per heavy atom. The largest absolute Gasteiger partial charge is 0.349 e. The number of amides is 1. The van der Waals surface area contributed by atoms with E-state index < -0.39 is 0 Å². The summed E-state index contributed by atoms with van der Waals surface area (Å²) in [5.41, 5.74) is 7.40. The number of hydrogen-bond donors (Lipinski definition) is 2. The van der Waals surface area contributed by atoms with Crippen molar-refractivity contribution in [1.82, 2.24) is 15.1 Å². The van der Waals surface area contributed by atoms with Crippen LogP contribution in [0, 0.1) is 0 Å². The quantitative estimate of drug-likeness (QED) is 0.887. The Morgan fingerprint density at radius 1 is 1.35 bits per heavy atom. The summed E-state index contributed by atoms with van der Waals surface area (Å²) in [5.74, 6) is -0.0434. The fraction of sp³-hybridized carbons (Fsp3) is 0.333. The van der Waals surface area contributed by atoms with E-state index in [9.17, 15) is 4.79 Å². The number of benzene rings is 1. The molecule has 1 aromatic heterocycles. The second kappa shape index (κ2) is 5.46. The van der Waals surface area contributed by atoms with Crippen LogP contribution in [0.1, 0.15) is 29.6 Å². The summed E-state index contributed by atoms with van der Waals surface area (Å²) in [7, 11) is 0. The predicted octanol–water partition coefficient (Wildman–Crippen LogP) is 1.48. The molecule has 1 aliphatic rings. The maximum Gasteiger partial charge on any atom is 0.251 e. The zero-order valence-electron chi connectivity index (χ0n) is 11.2. The molecule has 2 atom stereocenters. The lowest BCUT2D eigenvalue weighted by atomic mass is 10.1. The van der Waals surface area contributed by atoms with Crippen LogP contribution in [0.25, 0.3) is 5.69 Å². The number of carbonyl (C=O) groups excluding carboxylic acids is 1. The highest BCUT2D eigenvalue weighted by Gasteiger charge is 2.23. The first kappa shape index (κ1) is 12.9. The maximum absolute atomic E-state index is 12.2. The van der Waals surface area contributed by atoms with Gasteiger partial charge in [0.1, 0.15) is 0 Å². The van der Waals surface area contributed by atoms with Gasteiger partial charge in [-0.25, -0.2) is 4.68 Å². The molecule has 0 spiro atoms. The van der Waals surface area contributed by atoms with E-state index in [1.807, 2.05) is 36.5 Å². The van der Waals surface area contributed by atoms with Crippen LogP contribution in [0.4, 0.5) is 0 Å². The first-order chi connectivity index (χ1) is 9.72. The van der Waals surface area contributed by atoms with E-state index in [0.29, 0.717) is 5.56 Å². The van der Waals surface area contributed by atoms with E-state index in [2.05, 4.69) is 10.4 Å². The van der Waals surface area contributed by atoms with Gasteiger partial charge in [-0.1, -0.05) is 6.07 Å². The number of nitrogens with one attached hydrogen (secondary N) is 1. The highest BCUT2D eigenvalue weighted by atomic mass is 16.1. The minimum atomic E-state index is -0.0434. The van der Waals surface area contributed by atoms with E-state index in [0.717, 1.165) is 24.9 Å². The summed E-state index contributed by atoms with van der Waals surface area (Å²) >= 11 is 0. The summed E-state index contributed by atoms with van der Waals surface area (Å²) in [4.78, 5) is 12.2. The predicted molar refractivity (Wildman–Crippen MR) is 76.6 cm³/mol. The molecule has 0 aliphatic heterocycles. The maximum atomic E-state index is 12.2. The standard InChI is InChI=1S/C15H18N4O/c16-12-5-6-13(10-12)18-15(20)11-3-1-4-14(9-11)19-8-2-7-17-19/h1-4,7-9,12-13H,5-6,10,16H2,(H,18,20)/t12-,13-/m1/s1. The van der Waals surface area contributed by atoms with Crippen molar-refractivity contribution in [2.45, 2.75) is 31.3 Å². The lowest BCUT2D eigenvalue weighted by Gasteiger charge is -2.13. The normalized spacial score (nSPS) is 21.9. The van der Waals surface area contributed by atoms with E-state index in [4.69, 9.17) is 5.73 Å². The smallest absolute Gasteiger partial charge is 0.251 e. The van der Waals surface area contributed by atoms with Crippen molar-refractivity contribution in [1.29, 1.82) is 0 Å². The van der Waals surface area contributed by atoms with Crippen molar-refractivity contribution in [2.75, 3.05) is 0 Å². The van der Waals surface area contributed by atoms with E-state index in [1.54, 1.807) is 10.9 Å². The summed E-state index contributed by atoms with van der Waals surface area (Å²) in [6.45, 7) is 0. The van der Waals surface area contributed by atoms with Gasteiger partial charge in [-0.15, -0.1) is 0 Å². The number of hydrogen-bond acceptors (Lipinski definition) is 3. The van der Waals surface area contributed by atoms with Gasteiger partial charge in [0.2, 0.25) is 0 Å². The molecular weight excluding hydrogens is 252 g/mol. The van der Waals surface area contributed by atoms with Gasteiger partial charge in [0.05, 0.1) is 5.69 Å². The SMILES string of the molecule is N[C@@H]1CC[C@@H](NC(=O)c2cccc(-n3cccn3)c2)C1. The van der Waals surface area contributed by atoms with Crippen molar-refractivity contribution >= 4 is 5.91 Å². The molecule has 5 nitrogen and oxygen atoms in total. The molecular formula is C15H18N4O. The molecule has 0 unspecified atom stereocenters. The van der Waals surface area contributed by atoms with Gasteiger partial charge in [-0.3, -0.25) is 4.79 Å². The molecule has 0 radical (unpaired) electrons. The Labute approximate surface area is 117 Å². The highest BCUT2D eigenvalue weighted by Crippen LogP contribution is 2.18. The molecule has 2 aromatic rings. The average Bonchev–Trinajstić information content (AvgIpc) is 3.11. The van der Waals surface area contributed by atoms with Crippen LogP contribution < -0.4 is 11.1 Å². The zero-order valence-corrected chi connectivity index (χ0v) is 11.2. The molecule has 0 bridgehead atoms. The monoisotopic (exact) mass is 270 g/mol. The van der Waals surface area contributed by atoms with Crippen LogP contribution >= 0.6 is 0 Å². The van der Waals surface area contributed by atoms with E-state index >= 15 is 0 Å². The summed E-state index contributed by atoms with van der Waals surface area (Å²) < 4.78 is 1.74. The van der Waals surface area contributed by atoms with Crippen LogP contribution in [0.3, 0.4) is 0 Å². The molecule has 1 saturated carbocycles. The van der Waals surface area contributed by atoms with Crippen molar-refractivity contribution in [2.24, 2.45) is 5.73 Å². The van der Waals surface area contributed by atoms with Gasteiger partial charge in [-0.05, 0) is 43.5 Å². The Morgan fingerprint density at radius 2 is 2.25 bits per heavy atom. The molecule has 1 aromatic carbocycles. The van der Waals surface area contributed by atoms with E-state index in [-0.39, 0.29) is 18.0 Å². The molecule has 1 fully saturated rings. The number of nitrogens with two attached hydrogens (primary N) is 1. The lowest BCUT2D eigenvalue weighted by molar-refractivity contribution is 0.0937. The fourth-order valence-electron chi connectivity index (χ4n) is 2.63. The molecule has 104 valence electrons. The summed E-state index contributed by atoms with van der Waals surface area (Å²) in [5, 5.41) is 7.22. The highest BCUT2D eigenvalue weighted by molar-refractivity contribution is 5.94. The van der Waals surface area contributed by atoms with Crippen LogP contribution in [-0.2, 0) is 0 Å². The minimum absolute atomic E-state index is 0.0434. The third-order valence-corrected chi connectivity index (χ3v) is 3.69. The molecule has 5 heteroatoms. The van der Waals surface area contributed by atoms with Gasteiger partial charge in [0.25, 0.3) is 5.91 Å². The first-order valence-corrected chi connectivity index (χ1v) is 6.89. The molecule has 20 heavy (non-hydrogen) atoms. The average molecular weight is 270 g/mol. The molecule has 3 N–H and O–H groups in total. The van der Waals surface area contributed by atoms with Gasteiger partial charge in [-0.2, -0.15) is 5.10 Å². The Kier molecular flexibility index (Phi) is 3.52. The van der Waals surface area contributed by atoms with Crippen molar-refractivity contribution < 1.29 is 4.79 Å². The molecule has 0 saturated heterocycles.